The van der Waals surface area contributed by atoms with Crippen LogP contribution in [-0.2, 0) is 0 Å². The Morgan fingerprint density at radius 2 is 2.50 bits per heavy atom. The van der Waals surface area contributed by atoms with Crippen molar-refractivity contribution in [2.45, 2.75) is 5.03 Å². The van der Waals surface area contributed by atoms with Crippen molar-refractivity contribution in [3.05, 3.63) is 21.2 Å². The van der Waals surface area contributed by atoms with Gasteiger partial charge in [0.15, 0.2) is 0 Å². The Bertz CT molecular complexity index is 317. The average molecular weight is 270 g/mol. The zero-order chi connectivity index (χ0) is 8.97. The summed E-state index contributed by atoms with van der Waals surface area (Å²) in [6, 6.07) is 0. The second kappa shape index (κ2) is 4.89. The van der Waals surface area contributed by atoms with Crippen molar-refractivity contribution in [3.63, 3.8) is 0 Å². The molecule has 0 bridgehead atoms. The summed E-state index contributed by atoms with van der Waals surface area (Å²) in [7, 11) is 0. The van der Waals surface area contributed by atoms with Gasteiger partial charge >= 0.3 is 0 Å². The topological polar surface area (TPSA) is 45.8 Å². The van der Waals surface area contributed by atoms with Gasteiger partial charge in [0, 0.05) is 11.6 Å². The number of hydrogen-bond acceptors (Lipinski definition) is 3. The Morgan fingerprint density at radius 3 is 3.17 bits per heavy atom. The third-order valence-corrected chi connectivity index (χ3v) is 3.48. The summed E-state index contributed by atoms with van der Waals surface area (Å²) in [5.74, 6) is 1.29. The van der Waals surface area contributed by atoms with Gasteiger partial charge in [0.1, 0.15) is 9.50 Å². The van der Waals surface area contributed by atoms with Crippen LogP contribution < -0.4 is 5.56 Å². The van der Waals surface area contributed by atoms with Crippen LogP contribution >= 0.6 is 39.3 Å². The molecular formula is C6H6BrClN2OS. The van der Waals surface area contributed by atoms with Gasteiger partial charge in [-0.2, -0.15) is 0 Å². The smallest absolute Gasteiger partial charge is 0.266 e. The van der Waals surface area contributed by atoms with E-state index in [1.54, 1.807) is 0 Å². The van der Waals surface area contributed by atoms with Gasteiger partial charge in [0.05, 0.1) is 6.33 Å². The van der Waals surface area contributed by atoms with Crippen molar-refractivity contribution in [1.82, 2.24) is 9.97 Å². The summed E-state index contributed by atoms with van der Waals surface area (Å²) >= 11 is 10.1. The molecule has 0 aliphatic rings. The molecule has 0 aliphatic carbocycles. The zero-order valence-electron chi connectivity index (χ0n) is 6.01. The number of alkyl halides is 1. The molecule has 0 unspecified atom stereocenters. The lowest BCUT2D eigenvalue weighted by Gasteiger charge is -1.98. The monoisotopic (exact) mass is 268 g/mol. The molecule has 12 heavy (non-hydrogen) atoms. The predicted molar refractivity (Wildman–Crippen MR) is 54.0 cm³/mol. The van der Waals surface area contributed by atoms with Gasteiger partial charge in [0.2, 0.25) is 0 Å². The second-order valence-electron chi connectivity index (χ2n) is 1.89. The van der Waals surface area contributed by atoms with Crippen LogP contribution in [0.2, 0.25) is 0 Å². The summed E-state index contributed by atoms with van der Waals surface area (Å²) in [6.07, 6.45) is 1.38. The Morgan fingerprint density at radius 1 is 1.75 bits per heavy atom. The number of thioether (sulfide) groups is 1. The number of nitrogens with zero attached hydrogens (tertiary/aromatic N) is 1. The lowest BCUT2D eigenvalue weighted by Crippen LogP contribution is -2.08. The molecule has 0 saturated carbocycles. The second-order valence-corrected chi connectivity index (χ2v) is 4.14. The lowest BCUT2D eigenvalue weighted by atomic mass is 10.7. The summed E-state index contributed by atoms with van der Waals surface area (Å²) < 4.78 is 0.472. The zero-order valence-corrected chi connectivity index (χ0v) is 9.17. The number of H-pyrrole nitrogens is 1. The van der Waals surface area contributed by atoms with Crippen LogP contribution in [0.25, 0.3) is 0 Å². The van der Waals surface area contributed by atoms with Gasteiger partial charge < -0.3 is 4.98 Å². The van der Waals surface area contributed by atoms with Gasteiger partial charge in [-0.05, 0) is 15.9 Å². The van der Waals surface area contributed by atoms with Crippen molar-refractivity contribution in [2.24, 2.45) is 0 Å². The molecule has 3 nitrogen and oxygen atoms in total. The largest absolute Gasteiger partial charge is 0.312 e. The standard InChI is InChI=1S/C6H6BrClN2OS/c7-4-5(11)9-3-10-6(4)12-2-1-8/h3H,1-2H2,(H,9,10,11). The first-order chi connectivity index (χ1) is 5.75. The molecule has 0 radical (unpaired) electrons. The van der Waals surface area contributed by atoms with Crippen LogP contribution in [0.4, 0.5) is 0 Å². The molecule has 1 N–H and O–H groups in total. The highest BCUT2D eigenvalue weighted by molar-refractivity contribution is 9.10. The van der Waals surface area contributed by atoms with Crippen LogP contribution in [0.3, 0.4) is 0 Å². The molecule has 1 aromatic heterocycles. The van der Waals surface area contributed by atoms with Gasteiger partial charge in [-0.25, -0.2) is 4.98 Å². The number of aromatic amines is 1. The Hall–Kier alpha value is -0.000000000000000167. The maximum absolute atomic E-state index is 11.0. The fraction of sp³-hybridized carbons (Fsp3) is 0.333. The number of aromatic nitrogens is 2. The van der Waals surface area contributed by atoms with Crippen LogP contribution in [-0.4, -0.2) is 21.6 Å². The summed E-state index contributed by atoms with van der Waals surface area (Å²) in [6.45, 7) is 0. The molecule has 0 aliphatic heterocycles. The van der Waals surface area contributed by atoms with E-state index in [4.69, 9.17) is 11.6 Å². The van der Waals surface area contributed by atoms with Crippen molar-refractivity contribution in [3.8, 4) is 0 Å². The van der Waals surface area contributed by atoms with Gasteiger partial charge in [-0.15, -0.1) is 23.4 Å². The molecule has 0 fully saturated rings. The number of hydrogen-bond donors (Lipinski definition) is 1. The highest BCUT2D eigenvalue weighted by Crippen LogP contribution is 2.20. The van der Waals surface area contributed by atoms with Crippen LogP contribution in [0, 0.1) is 0 Å². The van der Waals surface area contributed by atoms with E-state index in [1.807, 2.05) is 0 Å². The Kier molecular flexibility index (Phi) is 4.11. The van der Waals surface area contributed by atoms with E-state index in [0.29, 0.717) is 15.4 Å². The number of halogens is 2. The molecular weight excluding hydrogens is 264 g/mol. The van der Waals surface area contributed by atoms with E-state index in [2.05, 4.69) is 25.9 Å². The van der Waals surface area contributed by atoms with Crippen molar-refractivity contribution in [1.29, 1.82) is 0 Å². The first-order valence-corrected chi connectivity index (χ1v) is 5.49. The average Bonchev–Trinajstić information content (AvgIpc) is 2.08. The van der Waals surface area contributed by atoms with Gasteiger partial charge in [-0.3, -0.25) is 4.79 Å². The fourth-order valence-corrected chi connectivity index (χ4v) is 2.01. The van der Waals surface area contributed by atoms with E-state index in [0.717, 1.165) is 5.75 Å². The minimum Gasteiger partial charge on any atom is -0.312 e. The van der Waals surface area contributed by atoms with Crippen molar-refractivity contribution >= 4 is 39.3 Å². The maximum atomic E-state index is 11.0. The quantitative estimate of drug-likeness (QED) is 0.518. The first-order valence-electron chi connectivity index (χ1n) is 3.17. The number of rotatable bonds is 3. The van der Waals surface area contributed by atoms with E-state index < -0.39 is 0 Å². The van der Waals surface area contributed by atoms with Gasteiger partial charge in [0.25, 0.3) is 5.56 Å². The Balaban J connectivity index is 2.85. The molecule has 0 atom stereocenters. The van der Waals surface area contributed by atoms with Crippen LogP contribution in [0.15, 0.2) is 20.6 Å². The van der Waals surface area contributed by atoms with E-state index in [9.17, 15) is 4.79 Å². The van der Waals surface area contributed by atoms with E-state index in [1.165, 1.54) is 18.1 Å². The molecule has 1 aromatic rings. The molecule has 0 spiro atoms. The summed E-state index contributed by atoms with van der Waals surface area (Å²) in [5.41, 5.74) is -0.165. The van der Waals surface area contributed by atoms with Crippen molar-refractivity contribution < 1.29 is 0 Å². The third kappa shape index (κ3) is 2.50. The molecule has 0 amide bonds. The molecule has 1 heterocycles. The summed E-state index contributed by atoms with van der Waals surface area (Å²) in [5, 5.41) is 0.680. The number of nitrogens with one attached hydrogen (secondary N) is 1. The molecule has 0 aromatic carbocycles. The first kappa shape index (κ1) is 10.1. The highest BCUT2D eigenvalue weighted by atomic mass is 79.9. The molecule has 66 valence electrons. The predicted octanol–water partition coefficient (Wildman–Crippen LogP) is 1.86. The van der Waals surface area contributed by atoms with Crippen LogP contribution in [0.5, 0.6) is 0 Å². The van der Waals surface area contributed by atoms with Crippen LogP contribution in [0.1, 0.15) is 0 Å². The molecule has 6 heteroatoms. The minimum atomic E-state index is -0.165. The van der Waals surface area contributed by atoms with E-state index >= 15 is 0 Å². The summed E-state index contributed by atoms with van der Waals surface area (Å²) in [4.78, 5) is 17.4. The van der Waals surface area contributed by atoms with Gasteiger partial charge in [-0.1, -0.05) is 0 Å². The highest BCUT2D eigenvalue weighted by Gasteiger charge is 2.04. The van der Waals surface area contributed by atoms with E-state index in [-0.39, 0.29) is 5.56 Å². The molecule has 1 rings (SSSR count). The Labute approximate surface area is 87.1 Å². The molecule has 0 saturated heterocycles. The lowest BCUT2D eigenvalue weighted by molar-refractivity contribution is 0.991. The fourth-order valence-electron chi connectivity index (χ4n) is 0.603. The maximum Gasteiger partial charge on any atom is 0.266 e. The van der Waals surface area contributed by atoms with Crippen molar-refractivity contribution in [2.75, 3.05) is 11.6 Å². The minimum absolute atomic E-state index is 0.165. The SMILES string of the molecule is O=c1[nH]cnc(SCCCl)c1Br. The normalized spacial score (nSPS) is 10.2. The third-order valence-electron chi connectivity index (χ3n) is 1.08.